The predicted molar refractivity (Wildman–Crippen MR) is 74.6 cm³/mol. The van der Waals surface area contributed by atoms with Crippen LogP contribution in [0.5, 0.6) is 0 Å². The first kappa shape index (κ1) is 12.8. The van der Waals surface area contributed by atoms with Gasteiger partial charge in [0.05, 0.1) is 6.20 Å². The summed E-state index contributed by atoms with van der Waals surface area (Å²) in [4.78, 5) is 12.6. The van der Waals surface area contributed by atoms with Gasteiger partial charge in [0.25, 0.3) is 0 Å². The van der Waals surface area contributed by atoms with Gasteiger partial charge in [0.1, 0.15) is 10.8 Å². The number of pyridine rings is 1. The number of nitrogens with one attached hydrogen (secondary N) is 1. The number of thioether (sulfide) groups is 1. The average molecular weight is 260 g/mol. The van der Waals surface area contributed by atoms with Crippen LogP contribution in [0.1, 0.15) is 18.9 Å². The van der Waals surface area contributed by atoms with Gasteiger partial charge < -0.3 is 5.32 Å². The molecular weight excluding hydrogens is 244 g/mol. The Morgan fingerprint density at radius 1 is 1.17 bits per heavy atom. The van der Waals surface area contributed by atoms with Gasteiger partial charge in [-0.2, -0.15) is 0 Å². The van der Waals surface area contributed by atoms with Crippen LogP contribution >= 0.6 is 11.8 Å². The summed E-state index contributed by atoms with van der Waals surface area (Å²) in [5.74, 6) is 1.80. The lowest BCUT2D eigenvalue weighted by Gasteiger charge is -2.05. The van der Waals surface area contributed by atoms with E-state index in [2.05, 4.69) is 33.3 Å². The zero-order chi connectivity index (χ0) is 12.6. The summed E-state index contributed by atoms with van der Waals surface area (Å²) in [7, 11) is 0. The second kappa shape index (κ2) is 6.96. The van der Waals surface area contributed by atoms with Crippen LogP contribution in [0.15, 0.2) is 41.9 Å². The second-order valence-electron chi connectivity index (χ2n) is 3.81. The molecule has 2 aromatic rings. The van der Waals surface area contributed by atoms with Crippen LogP contribution in [0.4, 0.5) is 5.82 Å². The van der Waals surface area contributed by atoms with E-state index in [1.807, 2.05) is 12.3 Å². The van der Waals surface area contributed by atoms with Gasteiger partial charge in [0, 0.05) is 30.9 Å². The molecule has 94 valence electrons. The van der Waals surface area contributed by atoms with Crippen molar-refractivity contribution in [3.05, 3.63) is 42.5 Å². The summed E-state index contributed by atoms with van der Waals surface area (Å²) >= 11 is 1.66. The molecule has 0 aliphatic rings. The summed E-state index contributed by atoms with van der Waals surface area (Å²) in [6, 6.07) is 4.11. The van der Waals surface area contributed by atoms with E-state index in [0.717, 1.165) is 29.6 Å². The molecule has 0 amide bonds. The third-order valence-corrected chi connectivity index (χ3v) is 3.29. The van der Waals surface area contributed by atoms with Crippen LogP contribution < -0.4 is 5.32 Å². The Labute approximate surface area is 111 Å². The molecule has 2 aromatic heterocycles. The SMILES string of the molecule is CCCNc1ccc(CSc2cnccn2)cn1. The molecule has 0 aromatic carbocycles. The summed E-state index contributed by atoms with van der Waals surface area (Å²) in [5, 5.41) is 4.19. The molecule has 0 aliphatic heterocycles. The number of aromatic nitrogens is 3. The van der Waals surface area contributed by atoms with Crippen molar-refractivity contribution < 1.29 is 0 Å². The number of nitrogens with zero attached hydrogens (tertiary/aromatic N) is 3. The van der Waals surface area contributed by atoms with Crippen molar-refractivity contribution in [1.29, 1.82) is 0 Å². The second-order valence-corrected chi connectivity index (χ2v) is 4.81. The maximum atomic E-state index is 4.37. The standard InChI is InChI=1S/C13H16N4S/c1-2-5-15-12-4-3-11(8-17-12)10-18-13-9-14-6-7-16-13/h3-4,6-9H,2,5,10H2,1H3,(H,15,17). The molecule has 0 atom stereocenters. The monoisotopic (exact) mass is 260 g/mol. The largest absolute Gasteiger partial charge is 0.370 e. The van der Waals surface area contributed by atoms with E-state index in [-0.39, 0.29) is 0 Å². The van der Waals surface area contributed by atoms with E-state index in [0.29, 0.717) is 0 Å². The van der Waals surface area contributed by atoms with Crippen LogP contribution in [0.25, 0.3) is 0 Å². The van der Waals surface area contributed by atoms with Crippen molar-refractivity contribution in [3.63, 3.8) is 0 Å². The average Bonchev–Trinajstić information content (AvgIpc) is 2.45. The van der Waals surface area contributed by atoms with E-state index < -0.39 is 0 Å². The first-order chi connectivity index (χ1) is 8.88. The zero-order valence-corrected chi connectivity index (χ0v) is 11.2. The van der Waals surface area contributed by atoms with Gasteiger partial charge >= 0.3 is 0 Å². The molecule has 2 heterocycles. The number of hydrogen-bond donors (Lipinski definition) is 1. The maximum absolute atomic E-state index is 4.37. The van der Waals surface area contributed by atoms with Crippen LogP contribution in [0.2, 0.25) is 0 Å². The van der Waals surface area contributed by atoms with Gasteiger partial charge in [-0.1, -0.05) is 13.0 Å². The number of anilines is 1. The zero-order valence-electron chi connectivity index (χ0n) is 10.3. The Bertz CT molecular complexity index is 458. The Kier molecular flexibility index (Phi) is 4.96. The van der Waals surface area contributed by atoms with E-state index in [1.165, 1.54) is 5.56 Å². The van der Waals surface area contributed by atoms with Crippen molar-refractivity contribution in [3.8, 4) is 0 Å². The van der Waals surface area contributed by atoms with Crippen LogP contribution in [0, 0.1) is 0 Å². The molecular formula is C13H16N4S. The molecule has 0 bridgehead atoms. The number of hydrogen-bond acceptors (Lipinski definition) is 5. The minimum absolute atomic E-state index is 0.861. The summed E-state index contributed by atoms with van der Waals surface area (Å²) in [6.07, 6.45) is 8.17. The molecule has 0 saturated carbocycles. The van der Waals surface area contributed by atoms with Crippen molar-refractivity contribution in [2.45, 2.75) is 24.1 Å². The third kappa shape index (κ3) is 4.00. The topological polar surface area (TPSA) is 50.7 Å². The van der Waals surface area contributed by atoms with Gasteiger partial charge in [0.2, 0.25) is 0 Å². The molecule has 2 rings (SSSR count). The molecule has 5 heteroatoms. The molecule has 0 saturated heterocycles. The van der Waals surface area contributed by atoms with Crippen molar-refractivity contribution >= 4 is 17.6 Å². The third-order valence-electron chi connectivity index (χ3n) is 2.31. The van der Waals surface area contributed by atoms with E-state index in [1.54, 1.807) is 30.4 Å². The lowest BCUT2D eigenvalue weighted by molar-refractivity contribution is 0.968. The maximum Gasteiger partial charge on any atom is 0.125 e. The Balaban J connectivity index is 1.86. The molecule has 0 spiro atoms. The normalized spacial score (nSPS) is 10.3. The first-order valence-corrected chi connectivity index (χ1v) is 6.94. The fraction of sp³-hybridized carbons (Fsp3) is 0.308. The van der Waals surface area contributed by atoms with Gasteiger partial charge in [-0.3, -0.25) is 4.98 Å². The molecule has 0 radical (unpaired) electrons. The van der Waals surface area contributed by atoms with Gasteiger partial charge in [-0.05, 0) is 18.1 Å². The number of rotatable bonds is 6. The minimum atomic E-state index is 0.861. The Morgan fingerprint density at radius 3 is 2.78 bits per heavy atom. The van der Waals surface area contributed by atoms with Gasteiger partial charge in [-0.15, -0.1) is 11.8 Å². The van der Waals surface area contributed by atoms with E-state index in [9.17, 15) is 0 Å². The van der Waals surface area contributed by atoms with E-state index in [4.69, 9.17) is 0 Å². The highest BCUT2D eigenvalue weighted by Gasteiger charge is 1.98. The molecule has 0 unspecified atom stereocenters. The summed E-state index contributed by atoms with van der Waals surface area (Å²) in [5.41, 5.74) is 1.19. The fourth-order valence-corrected chi connectivity index (χ4v) is 2.14. The lowest BCUT2D eigenvalue weighted by Crippen LogP contribution is -2.01. The minimum Gasteiger partial charge on any atom is -0.370 e. The molecule has 18 heavy (non-hydrogen) atoms. The molecule has 0 aliphatic carbocycles. The van der Waals surface area contributed by atoms with Gasteiger partial charge in [0.15, 0.2) is 0 Å². The van der Waals surface area contributed by atoms with Crippen molar-refractivity contribution in [2.75, 3.05) is 11.9 Å². The first-order valence-electron chi connectivity index (χ1n) is 5.96. The van der Waals surface area contributed by atoms with Crippen molar-refractivity contribution in [2.24, 2.45) is 0 Å². The molecule has 0 fully saturated rings. The summed E-state index contributed by atoms with van der Waals surface area (Å²) in [6.45, 7) is 3.10. The highest BCUT2D eigenvalue weighted by Crippen LogP contribution is 2.19. The smallest absolute Gasteiger partial charge is 0.125 e. The van der Waals surface area contributed by atoms with E-state index >= 15 is 0 Å². The van der Waals surface area contributed by atoms with Crippen molar-refractivity contribution in [1.82, 2.24) is 15.0 Å². The predicted octanol–water partition coefficient (Wildman–Crippen LogP) is 2.99. The highest BCUT2D eigenvalue weighted by atomic mass is 32.2. The van der Waals surface area contributed by atoms with Crippen LogP contribution in [0.3, 0.4) is 0 Å². The molecule has 1 N–H and O–H groups in total. The lowest BCUT2D eigenvalue weighted by atomic mass is 10.3. The van der Waals surface area contributed by atoms with Crippen LogP contribution in [-0.2, 0) is 5.75 Å². The van der Waals surface area contributed by atoms with Gasteiger partial charge in [-0.25, -0.2) is 9.97 Å². The highest BCUT2D eigenvalue weighted by molar-refractivity contribution is 7.98. The fourth-order valence-electron chi connectivity index (χ4n) is 1.38. The van der Waals surface area contributed by atoms with Crippen LogP contribution in [-0.4, -0.2) is 21.5 Å². The Morgan fingerprint density at radius 2 is 2.11 bits per heavy atom. The summed E-state index contributed by atoms with van der Waals surface area (Å²) < 4.78 is 0. The Hall–Kier alpha value is -1.62. The molecule has 4 nitrogen and oxygen atoms in total. The quantitative estimate of drug-likeness (QED) is 0.809.